The number of rotatable bonds is 2. The van der Waals surface area contributed by atoms with E-state index in [0.29, 0.717) is 13.0 Å². The number of alkyl halides is 3. The molecular formula is C14H12F4N2O. The van der Waals surface area contributed by atoms with Gasteiger partial charge < -0.3 is 10.0 Å². The minimum Gasteiger partial charge on any atom is -0.382 e. The van der Waals surface area contributed by atoms with Crippen LogP contribution in [0.4, 0.5) is 23.2 Å². The van der Waals surface area contributed by atoms with Crippen molar-refractivity contribution >= 4 is 5.69 Å². The first-order valence-corrected chi connectivity index (χ1v) is 6.54. The third-order valence-corrected chi connectivity index (χ3v) is 4.27. The molecule has 1 aliphatic carbocycles. The van der Waals surface area contributed by atoms with Crippen LogP contribution < -0.4 is 4.90 Å². The number of hydrogen-bond acceptors (Lipinski definition) is 3. The standard InChI is InChI=1S/C14H12F4N2O/c15-11-4-9(2-1-7(11)5-19)20-6-8-3-10(8)12(20)13(21)14(16,17)18/h1-2,4,8,10,12-13,21H,3,6H2/t8-,10-,12-,13-/m1/s1. The van der Waals surface area contributed by atoms with E-state index >= 15 is 0 Å². The molecule has 0 radical (unpaired) electrons. The third-order valence-electron chi connectivity index (χ3n) is 4.27. The maximum Gasteiger partial charge on any atom is 0.416 e. The van der Waals surface area contributed by atoms with E-state index in [-0.39, 0.29) is 23.1 Å². The molecule has 1 aliphatic heterocycles. The van der Waals surface area contributed by atoms with Gasteiger partial charge in [0.15, 0.2) is 6.10 Å². The fourth-order valence-electron chi connectivity index (χ4n) is 3.15. The van der Waals surface area contributed by atoms with E-state index in [0.717, 1.165) is 6.07 Å². The Kier molecular flexibility index (Phi) is 3.10. The Labute approximate surface area is 118 Å². The van der Waals surface area contributed by atoms with E-state index in [2.05, 4.69) is 0 Å². The highest BCUT2D eigenvalue weighted by molar-refractivity contribution is 5.54. The highest BCUT2D eigenvalue weighted by Gasteiger charge is 2.60. The second-order valence-corrected chi connectivity index (χ2v) is 5.56. The van der Waals surface area contributed by atoms with Crippen molar-refractivity contribution in [2.24, 2.45) is 11.8 Å². The maximum absolute atomic E-state index is 13.6. The van der Waals surface area contributed by atoms with Gasteiger partial charge in [-0.15, -0.1) is 0 Å². The summed E-state index contributed by atoms with van der Waals surface area (Å²) in [6.07, 6.45) is -6.49. The average molecular weight is 300 g/mol. The molecule has 0 aromatic heterocycles. The largest absolute Gasteiger partial charge is 0.416 e. The highest BCUT2D eigenvalue weighted by Crippen LogP contribution is 2.53. The third kappa shape index (κ3) is 2.33. The van der Waals surface area contributed by atoms with Crippen LogP contribution in [0.3, 0.4) is 0 Å². The fraction of sp³-hybridized carbons (Fsp3) is 0.500. The smallest absolute Gasteiger partial charge is 0.382 e. The molecule has 7 heteroatoms. The minimum atomic E-state index is -4.70. The Morgan fingerprint density at radius 3 is 2.67 bits per heavy atom. The molecule has 21 heavy (non-hydrogen) atoms. The van der Waals surface area contributed by atoms with Crippen molar-refractivity contribution in [3.8, 4) is 6.07 Å². The Hall–Kier alpha value is -1.81. The lowest BCUT2D eigenvalue weighted by atomic mass is 10.0. The lowest BCUT2D eigenvalue weighted by Gasteiger charge is -2.33. The Morgan fingerprint density at radius 1 is 1.38 bits per heavy atom. The van der Waals surface area contributed by atoms with Crippen LogP contribution in [0.15, 0.2) is 18.2 Å². The van der Waals surface area contributed by atoms with Crippen LogP contribution in [0.2, 0.25) is 0 Å². The van der Waals surface area contributed by atoms with Gasteiger partial charge in [-0.2, -0.15) is 18.4 Å². The number of aliphatic hydroxyl groups is 1. The molecule has 2 fully saturated rings. The van der Waals surface area contributed by atoms with Crippen LogP contribution in [0, 0.1) is 29.0 Å². The molecule has 1 saturated heterocycles. The topological polar surface area (TPSA) is 47.3 Å². The fourth-order valence-corrected chi connectivity index (χ4v) is 3.15. The van der Waals surface area contributed by atoms with Crippen molar-refractivity contribution in [2.75, 3.05) is 11.4 Å². The summed E-state index contributed by atoms with van der Waals surface area (Å²) in [5, 5.41) is 18.2. The highest BCUT2D eigenvalue weighted by atomic mass is 19.4. The Bertz CT molecular complexity index is 610. The number of aliphatic hydroxyl groups excluding tert-OH is 1. The van der Waals surface area contributed by atoms with E-state index in [1.165, 1.54) is 17.0 Å². The maximum atomic E-state index is 13.6. The number of halogens is 4. The van der Waals surface area contributed by atoms with E-state index in [1.54, 1.807) is 6.07 Å². The summed E-state index contributed by atoms with van der Waals surface area (Å²) in [6, 6.07) is 4.30. The van der Waals surface area contributed by atoms with E-state index in [4.69, 9.17) is 5.26 Å². The number of anilines is 1. The van der Waals surface area contributed by atoms with Gasteiger partial charge in [0.05, 0.1) is 11.6 Å². The van der Waals surface area contributed by atoms with E-state index < -0.39 is 24.1 Å². The van der Waals surface area contributed by atoms with Gasteiger partial charge >= 0.3 is 6.18 Å². The van der Waals surface area contributed by atoms with Gasteiger partial charge in [0.2, 0.25) is 0 Å². The van der Waals surface area contributed by atoms with Gasteiger partial charge in [0, 0.05) is 12.2 Å². The van der Waals surface area contributed by atoms with Crippen LogP contribution in [0.5, 0.6) is 0 Å². The summed E-state index contributed by atoms with van der Waals surface area (Å²) in [5.41, 5.74) is 0.114. The first-order valence-electron chi connectivity index (χ1n) is 6.54. The predicted molar refractivity (Wildman–Crippen MR) is 65.9 cm³/mol. The van der Waals surface area contributed by atoms with Gasteiger partial charge in [-0.1, -0.05) is 0 Å². The molecule has 4 atom stereocenters. The van der Waals surface area contributed by atoms with Crippen molar-refractivity contribution in [3.05, 3.63) is 29.6 Å². The lowest BCUT2D eigenvalue weighted by Crippen LogP contribution is -2.49. The van der Waals surface area contributed by atoms with Crippen LogP contribution in [0.1, 0.15) is 12.0 Å². The molecule has 3 nitrogen and oxygen atoms in total. The molecule has 112 valence electrons. The summed E-state index contributed by atoms with van der Waals surface area (Å²) in [6.45, 7) is 0.369. The first-order chi connectivity index (χ1) is 9.82. The molecule has 2 aliphatic rings. The average Bonchev–Trinajstić information content (AvgIpc) is 3.08. The molecule has 1 heterocycles. The number of fused-ring (bicyclic) bond motifs is 1. The van der Waals surface area contributed by atoms with Gasteiger partial charge in [0.25, 0.3) is 0 Å². The monoisotopic (exact) mass is 300 g/mol. The first kappa shape index (κ1) is 14.1. The zero-order valence-corrected chi connectivity index (χ0v) is 10.8. The summed E-state index contributed by atoms with van der Waals surface area (Å²) < 4.78 is 52.0. The predicted octanol–water partition coefficient (Wildman–Crippen LogP) is 2.45. The molecule has 0 amide bonds. The summed E-state index contributed by atoms with van der Waals surface area (Å²) in [7, 11) is 0. The zero-order chi connectivity index (χ0) is 15.4. The summed E-state index contributed by atoms with van der Waals surface area (Å²) >= 11 is 0. The molecule has 1 aromatic rings. The van der Waals surface area contributed by atoms with Crippen molar-refractivity contribution in [1.29, 1.82) is 5.26 Å². The van der Waals surface area contributed by atoms with Gasteiger partial charge in [0.1, 0.15) is 11.9 Å². The normalized spacial score (nSPS) is 29.0. The zero-order valence-electron chi connectivity index (χ0n) is 10.8. The van der Waals surface area contributed by atoms with Crippen LogP contribution in [0.25, 0.3) is 0 Å². The second kappa shape index (κ2) is 4.60. The second-order valence-electron chi connectivity index (χ2n) is 5.56. The molecule has 3 rings (SSSR count). The van der Waals surface area contributed by atoms with Crippen molar-refractivity contribution in [1.82, 2.24) is 0 Å². The SMILES string of the molecule is N#Cc1ccc(N2C[C@H]3C[C@H]3[C@@H]2[C@@H](O)C(F)(F)F)cc1F. The van der Waals surface area contributed by atoms with Gasteiger partial charge in [-0.05, 0) is 36.5 Å². The molecule has 0 unspecified atom stereocenters. The van der Waals surface area contributed by atoms with Crippen LogP contribution >= 0.6 is 0 Å². The van der Waals surface area contributed by atoms with E-state index in [1.807, 2.05) is 0 Å². The van der Waals surface area contributed by atoms with Crippen LogP contribution in [-0.4, -0.2) is 30.0 Å². The number of hydrogen-bond donors (Lipinski definition) is 1. The van der Waals surface area contributed by atoms with Gasteiger partial charge in [-0.25, -0.2) is 4.39 Å². The number of nitrogens with zero attached hydrogens (tertiary/aromatic N) is 2. The molecule has 1 saturated carbocycles. The summed E-state index contributed by atoms with van der Waals surface area (Å²) in [5.74, 6) is -0.859. The number of piperidine rings is 1. The van der Waals surface area contributed by atoms with Gasteiger partial charge in [-0.3, -0.25) is 0 Å². The minimum absolute atomic E-state index is 0.116. The van der Waals surface area contributed by atoms with Crippen molar-refractivity contribution < 1.29 is 22.7 Å². The Morgan fingerprint density at radius 2 is 2.10 bits per heavy atom. The summed E-state index contributed by atoms with van der Waals surface area (Å²) in [4.78, 5) is 1.40. The molecule has 0 spiro atoms. The quantitative estimate of drug-likeness (QED) is 0.853. The van der Waals surface area contributed by atoms with Crippen molar-refractivity contribution in [3.63, 3.8) is 0 Å². The van der Waals surface area contributed by atoms with Crippen molar-refractivity contribution in [2.45, 2.75) is 24.7 Å². The van der Waals surface area contributed by atoms with Crippen LogP contribution in [-0.2, 0) is 0 Å². The molecule has 0 bridgehead atoms. The van der Waals surface area contributed by atoms with E-state index in [9.17, 15) is 22.7 Å². The molecular weight excluding hydrogens is 288 g/mol. The molecule has 1 aromatic carbocycles. The number of benzene rings is 1. The number of nitriles is 1. The molecule has 1 N–H and O–H groups in total. The lowest BCUT2D eigenvalue weighted by molar-refractivity contribution is -0.210. The Balaban J connectivity index is 1.91.